The molecule has 0 amide bonds. The molecule has 1 fully saturated rings. The Morgan fingerprint density at radius 2 is 1.86 bits per heavy atom. The number of pyridine rings is 2. The topological polar surface area (TPSA) is 93.2 Å². The van der Waals surface area contributed by atoms with Crippen LogP contribution in [-0.4, -0.2) is 34.4 Å². The molecule has 0 aliphatic heterocycles. The maximum absolute atomic E-state index is 13.0. The molecule has 3 aromatic rings. The SMILES string of the molecule is CCCOC(=O)[C@H](Cc1ccc(Nc2nccc3ccncc23)cc1)NC1=C(Br)C(=O)C12CCCCC2. The number of benzene rings is 1. The van der Waals surface area contributed by atoms with Gasteiger partial charge in [-0.05, 0) is 70.4 Å². The molecule has 1 saturated carbocycles. The minimum Gasteiger partial charge on any atom is -0.464 e. The summed E-state index contributed by atoms with van der Waals surface area (Å²) in [5, 5.41) is 8.81. The van der Waals surface area contributed by atoms with Gasteiger partial charge in [-0.15, -0.1) is 0 Å². The van der Waals surface area contributed by atoms with Crippen LogP contribution in [0.15, 0.2) is 65.2 Å². The number of fused-ring (bicyclic) bond motifs is 1. The second kappa shape index (κ2) is 11.0. The van der Waals surface area contributed by atoms with Crippen molar-refractivity contribution in [3.63, 3.8) is 0 Å². The molecule has 192 valence electrons. The summed E-state index contributed by atoms with van der Waals surface area (Å²) in [6, 6.07) is 11.3. The van der Waals surface area contributed by atoms with E-state index in [9.17, 15) is 9.59 Å². The zero-order valence-electron chi connectivity index (χ0n) is 20.9. The van der Waals surface area contributed by atoms with Crippen molar-refractivity contribution in [2.24, 2.45) is 5.41 Å². The van der Waals surface area contributed by atoms with Crippen LogP contribution in [0.1, 0.15) is 51.0 Å². The summed E-state index contributed by atoms with van der Waals surface area (Å²) in [4.78, 5) is 34.5. The van der Waals surface area contributed by atoms with Crippen LogP contribution in [0, 0.1) is 5.41 Å². The minimum absolute atomic E-state index is 0.156. The smallest absolute Gasteiger partial charge is 0.328 e. The summed E-state index contributed by atoms with van der Waals surface area (Å²) in [5.74, 6) is 0.600. The molecule has 2 N–H and O–H groups in total. The maximum Gasteiger partial charge on any atom is 0.328 e. The zero-order valence-corrected chi connectivity index (χ0v) is 22.5. The van der Waals surface area contributed by atoms with E-state index in [1.165, 1.54) is 0 Å². The molecule has 1 atom stereocenters. The number of aromatic nitrogens is 2. The van der Waals surface area contributed by atoms with Gasteiger partial charge >= 0.3 is 5.97 Å². The van der Waals surface area contributed by atoms with Crippen molar-refractivity contribution in [2.45, 2.75) is 57.9 Å². The first-order chi connectivity index (χ1) is 18.0. The average Bonchev–Trinajstić information content (AvgIpc) is 2.95. The minimum atomic E-state index is -0.578. The van der Waals surface area contributed by atoms with Crippen LogP contribution < -0.4 is 10.6 Å². The van der Waals surface area contributed by atoms with Crippen LogP contribution in [-0.2, 0) is 20.7 Å². The van der Waals surface area contributed by atoms with E-state index in [1.807, 2.05) is 43.3 Å². The van der Waals surface area contributed by atoms with E-state index in [-0.39, 0.29) is 11.8 Å². The normalized spacial score (nSPS) is 17.4. The molecular weight excluding hydrogens is 532 g/mol. The lowest BCUT2D eigenvalue weighted by atomic mass is 9.62. The summed E-state index contributed by atoms with van der Waals surface area (Å²) in [6.45, 7) is 2.35. The van der Waals surface area contributed by atoms with Crippen LogP contribution in [0.3, 0.4) is 0 Å². The number of carbonyl (C=O) groups excluding carboxylic acids is 2. The third-order valence-electron chi connectivity index (χ3n) is 7.31. The molecule has 0 radical (unpaired) electrons. The second-order valence-electron chi connectivity index (χ2n) is 9.81. The Labute approximate surface area is 225 Å². The first kappa shape index (κ1) is 25.4. The largest absolute Gasteiger partial charge is 0.464 e. The standard InChI is InChI=1S/C29H31BrN4O3/c1-2-16-37-28(36)23(34-25-24(30)26(35)29(25)12-4-3-5-13-29)17-19-6-8-21(9-7-19)33-27-22-18-31-14-10-20(22)11-15-32-27/h6-11,14-15,18,23,34H,2-5,12-13,16-17H2,1H3,(H,32,33)/t23-/m0/s1. The second-order valence-corrected chi connectivity index (χ2v) is 10.6. The highest BCUT2D eigenvalue weighted by molar-refractivity contribution is 9.12. The van der Waals surface area contributed by atoms with E-state index in [0.29, 0.717) is 17.5 Å². The fraction of sp³-hybridized carbons (Fsp3) is 0.379. The Morgan fingerprint density at radius 1 is 1.11 bits per heavy atom. The number of carbonyl (C=O) groups is 2. The molecule has 7 nitrogen and oxygen atoms in total. The monoisotopic (exact) mass is 562 g/mol. The molecule has 0 unspecified atom stereocenters. The van der Waals surface area contributed by atoms with Crippen molar-refractivity contribution in [3.05, 3.63) is 70.7 Å². The Balaban J connectivity index is 1.33. The van der Waals surface area contributed by atoms with E-state index in [4.69, 9.17) is 4.74 Å². The number of rotatable bonds is 9. The summed E-state index contributed by atoms with van der Waals surface area (Å²) < 4.78 is 6.09. The van der Waals surface area contributed by atoms with Crippen LogP contribution in [0.4, 0.5) is 11.5 Å². The number of esters is 1. The quantitative estimate of drug-likeness (QED) is 0.310. The van der Waals surface area contributed by atoms with Crippen molar-refractivity contribution >= 4 is 50.0 Å². The van der Waals surface area contributed by atoms with Gasteiger partial charge in [0.2, 0.25) is 0 Å². The summed E-state index contributed by atoms with van der Waals surface area (Å²) in [7, 11) is 0. The van der Waals surface area contributed by atoms with Gasteiger partial charge in [0.05, 0.1) is 16.5 Å². The molecule has 0 saturated heterocycles. The van der Waals surface area contributed by atoms with Crippen LogP contribution in [0.25, 0.3) is 10.8 Å². The number of allylic oxidation sites excluding steroid dienone is 2. The average molecular weight is 563 g/mol. The number of anilines is 2. The van der Waals surface area contributed by atoms with E-state index in [2.05, 4.69) is 36.5 Å². The number of Topliss-reactive ketones (excluding diaryl/α,β-unsaturated/α-hetero) is 1. The number of hydrogen-bond donors (Lipinski definition) is 2. The van der Waals surface area contributed by atoms with E-state index < -0.39 is 11.5 Å². The molecule has 1 spiro atoms. The molecule has 2 aromatic heterocycles. The third-order valence-corrected chi connectivity index (χ3v) is 8.07. The van der Waals surface area contributed by atoms with Gasteiger partial charge in [0.25, 0.3) is 0 Å². The highest BCUT2D eigenvalue weighted by atomic mass is 79.9. The Kier molecular flexibility index (Phi) is 7.55. The molecule has 2 aliphatic rings. The van der Waals surface area contributed by atoms with Crippen molar-refractivity contribution in [1.82, 2.24) is 15.3 Å². The number of hydrogen-bond acceptors (Lipinski definition) is 7. The Hall–Kier alpha value is -3.26. The van der Waals surface area contributed by atoms with Crippen molar-refractivity contribution in [1.29, 1.82) is 0 Å². The van der Waals surface area contributed by atoms with E-state index in [0.717, 1.165) is 72.1 Å². The van der Waals surface area contributed by atoms with Crippen LogP contribution in [0.2, 0.25) is 0 Å². The summed E-state index contributed by atoms with van der Waals surface area (Å²) in [6.07, 6.45) is 11.4. The predicted octanol–water partition coefficient (Wildman–Crippen LogP) is 5.97. The number of halogens is 1. The molecule has 0 bridgehead atoms. The number of nitrogens with one attached hydrogen (secondary N) is 2. The lowest BCUT2D eigenvalue weighted by Crippen LogP contribution is -2.53. The Bertz CT molecular complexity index is 1330. The summed E-state index contributed by atoms with van der Waals surface area (Å²) in [5.41, 5.74) is 2.27. The van der Waals surface area contributed by atoms with Crippen molar-refractivity contribution < 1.29 is 14.3 Å². The lowest BCUT2D eigenvalue weighted by Gasteiger charge is -2.46. The number of nitrogens with zero attached hydrogens (tertiary/aromatic N) is 2. The fourth-order valence-corrected chi connectivity index (χ4v) is 6.17. The molecule has 1 aromatic carbocycles. The zero-order chi connectivity index (χ0) is 25.8. The van der Waals surface area contributed by atoms with Gasteiger partial charge < -0.3 is 15.4 Å². The fourth-order valence-electron chi connectivity index (χ4n) is 5.30. The highest BCUT2D eigenvalue weighted by Gasteiger charge is 2.53. The van der Waals surface area contributed by atoms with Gasteiger partial charge in [0, 0.05) is 41.8 Å². The first-order valence-corrected chi connectivity index (χ1v) is 13.7. The third kappa shape index (κ3) is 5.12. The number of ether oxygens (including phenoxy) is 1. The van der Waals surface area contributed by atoms with Crippen LogP contribution in [0.5, 0.6) is 0 Å². The van der Waals surface area contributed by atoms with Gasteiger partial charge in [-0.1, -0.05) is 38.3 Å². The molecule has 5 rings (SSSR count). The first-order valence-electron chi connectivity index (χ1n) is 12.9. The molecule has 2 aliphatic carbocycles. The van der Waals surface area contributed by atoms with Gasteiger partial charge in [-0.25, -0.2) is 9.78 Å². The van der Waals surface area contributed by atoms with Gasteiger partial charge in [0.15, 0.2) is 5.78 Å². The van der Waals surface area contributed by atoms with Crippen molar-refractivity contribution in [3.8, 4) is 0 Å². The molecular formula is C29H31BrN4O3. The predicted molar refractivity (Wildman–Crippen MR) is 148 cm³/mol. The summed E-state index contributed by atoms with van der Waals surface area (Å²) >= 11 is 3.47. The molecule has 37 heavy (non-hydrogen) atoms. The highest BCUT2D eigenvalue weighted by Crippen LogP contribution is 2.53. The number of ketones is 1. The van der Waals surface area contributed by atoms with Crippen molar-refractivity contribution in [2.75, 3.05) is 11.9 Å². The lowest BCUT2D eigenvalue weighted by molar-refractivity contribution is -0.146. The molecule has 8 heteroatoms. The molecule has 2 heterocycles. The van der Waals surface area contributed by atoms with Crippen LogP contribution >= 0.6 is 15.9 Å². The van der Waals surface area contributed by atoms with Gasteiger partial charge in [-0.3, -0.25) is 9.78 Å². The maximum atomic E-state index is 13.0. The van der Waals surface area contributed by atoms with Gasteiger partial charge in [-0.2, -0.15) is 0 Å². The van der Waals surface area contributed by atoms with E-state index >= 15 is 0 Å². The van der Waals surface area contributed by atoms with E-state index in [1.54, 1.807) is 18.6 Å². The van der Waals surface area contributed by atoms with Gasteiger partial charge in [0.1, 0.15) is 11.9 Å². The Morgan fingerprint density at radius 3 is 2.62 bits per heavy atom.